The minimum Gasteiger partial charge on any atom is -0.463 e. The van der Waals surface area contributed by atoms with E-state index in [2.05, 4.69) is 12.2 Å². The van der Waals surface area contributed by atoms with E-state index in [1.54, 1.807) is 0 Å². The second-order valence-corrected chi connectivity index (χ2v) is 15.6. The van der Waals surface area contributed by atoms with E-state index in [-0.39, 0.29) is 11.7 Å². The van der Waals surface area contributed by atoms with Gasteiger partial charge in [0.15, 0.2) is 36.8 Å². The van der Waals surface area contributed by atoms with Crippen molar-refractivity contribution in [3.05, 3.63) is 0 Å². The number of hydrogen-bond donors (Lipinski definition) is 1. The summed E-state index contributed by atoms with van der Waals surface area (Å²) < 4.78 is 57.0. The Morgan fingerprint density at radius 3 is 1.38 bits per heavy atom. The Bertz CT molecular complexity index is 1430. The van der Waals surface area contributed by atoms with Crippen LogP contribution in [0.1, 0.15) is 120 Å². The summed E-state index contributed by atoms with van der Waals surface area (Å²) >= 11 is 0.933. The summed E-state index contributed by atoms with van der Waals surface area (Å²) in [5.41, 5.74) is -1.20. The van der Waals surface area contributed by atoms with Crippen molar-refractivity contribution in [3.63, 3.8) is 0 Å². The maximum atomic E-state index is 13.0. The molecule has 0 unspecified atom stereocenters. The molecule has 0 aliphatic carbocycles. The van der Waals surface area contributed by atoms with E-state index in [4.69, 9.17) is 47.4 Å². The van der Waals surface area contributed by atoms with Gasteiger partial charge in [0.2, 0.25) is 5.91 Å². The predicted molar refractivity (Wildman–Crippen MR) is 211 cm³/mol. The lowest BCUT2D eigenvalue weighted by Gasteiger charge is -2.48. The van der Waals surface area contributed by atoms with Crippen LogP contribution in [0.2, 0.25) is 0 Å². The first-order chi connectivity index (χ1) is 28.4. The van der Waals surface area contributed by atoms with Gasteiger partial charge in [-0.2, -0.15) is 0 Å². The Balaban J connectivity index is 2.41. The number of carbonyl (C=O) groups excluding carboxylic acids is 8. The molecular formula is C40H63NO18S. The van der Waals surface area contributed by atoms with Crippen molar-refractivity contribution in [2.45, 2.75) is 180 Å². The van der Waals surface area contributed by atoms with Crippen LogP contribution in [0.25, 0.3) is 0 Å². The van der Waals surface area contributed by atoms with Gasteiger partial charge < -0.3 is 52.7 Å². The average molecular weight is 878 g/mol. The Morgan fingerprint density at radius 1 is 0.483 bits per heavy atom. The number of carbonyl (C=O) groups is 8. The fraction of sp³-hybridized carbons (Fsp3) is 0.800. The topological polar surface area (TPSA) is 241 Å². The molecule has 1 N–H and O–H groups in total. The van der Waals surface area contributed by atoms with Crippen molar-refractivity contribution in [1.29, 1.82) is 0 Å². The Morgan fingerprint density at radius 2 is 0.900 bits per heavy atom. The third kappa shape index (κ3) is 19.6. The first-order valence-corrected chi connectivity index (χ1v) is 21.5. The van der Waals surface area contributed by atoms with Gasteiger partial charge in [-0.25, -0.2) is 0 Å². The van der Waals surface area contributed by atoms with Crippen molar-refractivity contribution in [1.82, 2.24) is 5.32 Å². The van der Waals surface area contributed by atoms with E-state index < -0.39 is 116 Å². The molecule has 1 amide bonds. The standard InChI is InChI=1S/C40H63NO18S/c1-9-10-11-12-13-14-15-16-17-18-19-41-32(49)22-60-40-38(56-29(8)48)36(54-27(6)46)34(31(58-40)21-51-24(3)43)59-39-37(55-28(7)47)35(53-26(5)45)33(52-25(4)44)30(57-39)20-50-23(2)42/h30-31,33-40H,9-22H2,1-8H3,(H,41,49)/t30-,31-,33+,34-,35+,36+,37-,38-,39+,40+/m1/s1. The van der Waals surface area contributed by atoms with Gasteiger partial charge >= 0.3 is 41.8 Å². The van der Waals surface area contributed by atoms with Crippen molar-refractivity contribution in [3.8, 4) is 0 Å². The molecule has 2 heterocycles. The van der Waals surface area contributed by atoms with Crippen LogP contribution in [0, 0.1) is 0 Å². The third-order valence-electron chi connectivity index (χ3n) is 9.12. The largest absolute Gasteiger partial charge is 0.463 e. The van der Waals surface area contributed by atoms with Crippen LogP contribution in [0.3, 0.4) is 0 Å². The number of nitrogens with one attached hydrogen (secondary N) is 1. The zero-order chi connectivity index (χ0) is 44.8. The van der Waals surface area contributed by atoms with Crippen molar-refractivity contribution < 1.29 is 85.7 Å². The van der Waals surface area contributed by atoms with E-state index in [1.807, 2.05) is 0 Å². The molecule has 2 aliphatic rings. The van der Waals surface area contributed by atoms with Crippen molar-refractivity contribution in [2.75, 3.05) is 25.5 Å². The molecule has 0 aromatic carbocycles. The summed E-state index contributed by atoms with van der Waals surface area (Å²) in [5.74, 6) is -6.33. The normalized spacial score (nSPS) is 26.1. The predicted octanol–water partition coefficient (Wildman–Crippen LogP) is 3.38. The van der Waals surface area contributed by atoms with Gasteiger partial charge in [0.1, 0.15) is 37.0 Å². The molecule has 0 spiro atoms. The molecule has 10 atom stereocenters. The maximum absolute atomic E-state index is 13.0. The van der Waals surface area contributed by atoms with Gasteiger partial charge in [-0.05, 0) is 6.42 Å². The minimum atomic E-state index is -1.80. The zero-order valence-electron chi connectivity index (χ0n) is 35.9. The average Bonchev–Trinajstić information content (AvgIpc) is 3.14. The van der Waals surface area contributed by atoms with E-state index in [0.717, 1.165) is 85.9 Å². The van der Waals surface area contributed by atoms with Crippen LogP contribution < -0.4 is 5.32 Å². The zero-order valence-corrected chi connectivity index (χ0v) is 36.7. The molecule has 0 aromatic rings. The summed E-state index contributed by atoms with van der Waals surface area (Å²) in [6.07, 6.45) is -2.55. The monoisotopic (exact) mass is 877 g/mol. The smallest absolute Gasteiger partial charge is 0.303 e. The van der Waals surface area contributed by atoms with Crippen LogP contribution in [0.5, 0.6) is 0 Å². The van der Waals surface area contributed by atoms with E-state index in [1.165, 1.54) is 38.5 Å². The summed E-state index contributed by atoms with van der Waals surface area (Å²) in [6.45, 7) is 9.11. The molecular weight excluding hydrogens is 814 g/mol. The molecule has 19 nitrogen and oxygen atoms in total. The van der Waals surface area contributed by atoms with Gasteiger partial charge in [-0.3, -0.25) is 38.4 Å². The highest BCUT2D eigenvalue weighted by atomic mass is 32.2. The maximum Gasteiger partial charge on any atom is 0.303 e. The Hall–Kier alpha value is -4.01. The summed E-state index contributed by atoms with van der Waals surface area (Å²) in [6, 6.07) is 0. The number of hydrogen-bond acceptors (Lipinski definition) is 19. The Kier molecular flexibility index (Phi) is 24.1. The molecule has 0 saturated carbocycles. The minimum absolute atomic E-state index is 0.168. The SMILES string of the molecule is CCCCCCCCCCCCNC(=O)CS[C@@H]1O[C@H](COC(C)=O)[C@@H](O[C@@H]2O[C@H](COC(C)=O)[C@H](OC(C)=O)[C@H](OC(C)=O)[C@H]2OC(C)=O)[C@H](OC(C)=O)[C@H]1OC(C)=O. The first-order valence-electron chi connectivity index (χ1n) is 20.4. The third-order valence-corrected chi connectivity index (χ3v) is 10.3. The van der Waals surface area contributed by atoms with Crippen LogP contribution in [-0.2, 0) is 85.7 Å². The molecule has 60 heavy (non-hydrogen) atoms. The lowest BCUT2D eigenvalue weighted by atomic mass is 9.96. The molecule has 0 aromatic heterocycles. The van der Waals surface area contributed by atoms with Crippen molar-refractivity contribution in [2.24, 2.45) is 0 Å². The van der Waals surface area contributed by atoms with Crippen LogP contribution in [0.4, 0.5) is 0 Å². The summed E-state index contributed by atoms with van der Waals surface area (Å²) in [7, 11) is 0. The number of esters is 7. The second kappa shape index (κ2) is 27.8. The van der Waals surface area contributed by atoms with Gasteiger partial charge in [-0.1, -0.05) is 64.7 Å². The number of ether oxygens (including phenoxy) is 10. The van der Waals surface area contributed by atoms with Gasteiger partial charge in [0, 0.05) is 55.0 Å². The number of unbranched alkanes of at least 4 members (excludes halogenated alkanes) is 9. The molecule has 2 rings (SSSR count). The highest BCUT2D eigenvalue weighted by Crippen LogP contribution is 2.37. The summed E-state index contributed by atoms with van der Waals surface area (Å²) in [5, 5.41) is 2.88. The first kappa shape index (κ1) is 52.1. The number of amides is 1. The summed E-state index contributed by atoms with van der Waals surface area (Å²) in [4.78, 5) is 99.2. The number of rotatable bonds is 25. The fourth-order valence-electron chi connectivity index (χ4n) is 6.66. The Labute approximate surface area is 355 Å². The van der Waals surface area contributed by atoms with Gasteiger partial charge in [-0.15, -0.1) is 11.8 Å². The lowest BCUT2D eigenvalue weighted by molar-refractivity contribution is -0.341. The van der Waals surface area contributed by atoms with Crippen LogP contribution in [0.15, 0.2) is 0 Å². The van der Waals surface area contributed by atoms with Crippen LogP contribution >= 0.6 is 11.8 Å². The highest BCUT2D eigenvalue weighted by Gasteiger charge is 2.57. The van der Waals surface area contributed by atoms with E-state index in [0.29, 0.717) is 6.54 Å². The van der Waals surface area contributed by atoms with Gasteiger partial charge in [0.25, 0.3) is 0 Å². The molecule has 0 radical (unpaired) electrons. The van der Waals surface area contributed by atoms with Gasteiger partial charge in [0.05, 0.1) is 5.75 Å². The molecule has 20 heteroatoms. The molecule has 342 valence electrons. The molecule has 2 saturated heterocycles. The molecule has 2 fully saturated rings. The van der Waals surface area contributed by atoms with E-state index >= 15 is 0 Å². The quantitative estimate of drug-likeness (QED) is 0.0785. The fourth-order valence-corrected chi connectivity index (χ4v) is 7.69. The second-order valence-electron chi connectivity index (χ2n) is 14.5. The highest BCUT2D eigenvalue weighted by molar-refractivity contribution is 8.00. The van der Waals surface area contributed by atoms with Crippen molar-refractivity contribution >= 4 is 59.5 Å². The van der Waals surface area contributed by atoms with Crippen LogP contribution in [-0.4, -0.2) is 134 Å². The molecule has 2 aliphatic heterocycles. The lowest BCUT2D eigenvalue weighted by Crippen LogP contribution is -2.66. The van der Waals surface area contributed by atoms with E-state index in [9.17, 15) is 38.4 Å². The molecule has 0 bridgehead atoms. The number of thioether (sulfide) groups is 1.